The van der Waals surface area contributed by atoms with Crippen LogP contribution < -0.4 is 5.73 Å². The lowest BCUT2D eigenvalue weighted by Crippen LogP contribution is -2.03. The molecule has 1 aromatic heterocycles. The summed E-state index contributed by atoms with van der Waals surface area (Å²) in [6.45, 7) is 2.01. The van der Waals surface area contributed by atoms with Crippen LogP contribution in [0.15, 0.2) is 30.5 Å². The van der Waals surface area contributed by atoms with Crippen molar-refractivity contribution in [1.29, 1.82) is 5.26 Å². The number of rotatable bonds is 2. The molecule has 0 bridgehead atoms. The highest BCUT2D eigenvalue weighted by Crippen LogP contribution is 2.23. The summed E-state index contributed by atoms with van der Waals surface area (Å²) in [5.41, 5.74) is 7.52. The number of anilines is 1. The molecule has 0 saturated carbocycles. The first-order valence-electron chi connectivity index (χ1n) is 5.02. The Balaban J connectivity index is 2.59. The third-order valence-corrected chi connectivity index (χ3v) is 2.62. The van der Waals surface area contributed by atoms with Gasteiger partial charge < -0.3 is 10.3 Å². The molecule has 1 unspecified atom stereocenters. The Kier molecular flexibility index (Phi) is 2.34. The summed E-state index contributed by atoms with van der Waals surface area (Å²) in [5.74, 6) is 0. The van der Waals surface area contributed by atoms with Crippen LogP contribution >= 0.6 is 0 Å². The predicted octanol–water partition coefficient (Wildman–Crippen LogP) is 2.70. The quantitative estimate of drug-likeness (QED) is 0.756. The van der Waals surface area contributed by atoms with Gasteiger partial charge in [-0.05, 0) is 30.7 Å². The normalized spacial score (nSPS) is 12.5. The van der Waals surface area contributed by atoms with Crippen LogP contribution in [0.25, 0.3) is 10.9 Å². The molecule has 1 atom stereocenters. The van der Waals surface area contributed by atoms with Gasteiger partial charge in [0.15, 0.2) is 0 Å². The molecule has 3 nitrogen and oxygen atoms in total. The first-order valence-corrected chi connectivity index (χ1v) is 5.02. The number of hydrogen-bond donors (Lipinski definition) is 1. The minimum absolute atomic E-state index is 0.0916. The van der Waals surface area contributed by atoms with Gasteiger partial charge in [-0.25, -0.2) is 0 Å². The summed E-state index contributed by atoms with van der Waals surface area (Å²) >= 11 is 0. The maximum absolute atomic E-state index is 9.02. The Hall–Kier alpha value is -1.95. The lowest BCUT2D eigenvalue weighted by Gasteiger charge is -2.09. The van der Waals surface area contributed by atoms with Crippen molar-refractivity contribution in [2.24, 2.45) is 0 Å². The topological polar surface area (TPSA) is 54.7 Å². The molecule has 0 spiro atoms. The molecule has 0 radical (unpaired) electrons. The maximum Gasteiger partial charge on any atom is 0.120 e. The minimum Gasteiger partial charge on any atom is -0.399 e. The van der Waals surface area contributed by atoms with Crippen LogP contribution in [0.2, 0.25) is 0 Å². The number of nitriles is 1. The van der Waals surface area contributed by atoms with Gasteiger partial charge in [0.25, 0.3) is 0 Å². The van der Waals surface area contributed by atoms with Gasteiger partial charge in [-0.2, -0.15) is 5.26 Å². The molecule has 2 aromatic rings. The average molecular weight is 199 g/mol. The molecule has 0 amide bonds. The fraction of sp³-hybridized carbons (Fsp3) is 0.250. The number of hydrogen-bond acceptors (Lipinski definition) is 2. The standard InChI is InChI=1S/C12H13N3/c1-2-11(8-13)15-6-5-9-7-10(14)3-4-12(9)15/h3-7,11H,2,14H2,1H3. The van der Waals surface area contributed by atoms with Crippen LogP contribution in [0.3, 0.4) is 0 Å². The van der Waals surface area contributed by atoms with Crippen molar-refractivity contribution >= 4 is 16.6 Å². The Labute approximate surface area is 88.7 Å². The van der Waals surface area contributed by atoms with E-state index < -0.39 is 0 Å². The smallest absolute Gasteiger partial charge is 0.120 e. The Morgan fingerprint density at radius 3 is 2.93 bits per heavy atom. The first-order chi connectivity index (χ1) is 7.26. The number of nitrogens with two attached hydrogens (primary N) is 1. The van der Waals surface area contributed by atoms with Crippen LogP contribution in [0, 0.1) is 11.3 Å². The Morgan fingerprint density at radius 1 is 1.47 bits per heavy atom. The monoisotopic (exact) mass is 199 g/mol. The van der Waals surface area contributed by atoms with Crippen LogP contribution in [0.1, 0.15) is 19.4 Å². The second-order valence-electron chi connectivity index (χ2n) is 3.59. The predicted molar refractivity (Wildman–Crippen MR) is 61.3 cm³/mol. The van der Waals surface area contributed by atoms with E-state index in [0.29, 0.717) is 0 Å². The molecule has 0 aliphatic heterocycles. The second kappa shape index (κ2) is 3.66. The number of fused-ring (bicyclic) bond motifs is 1. The van der Waals surface area contributed by atoms with Gasteiger partial charge >= 0.3 is 0 Å². The Morgan fingerprint density at radius 2 is 2.27 bits per heavy atom. The molecule has 1 aromatic carbocycles. The van der Waals surface area contributed by atoms with Crippen LogP contribution in [0.5, 0.6) is 0 Å². The van der Waals surface area contributed by atoms with E-state index in [1.807, 2.05) is 42.0 Å². The minimum atomic E-state index is -0.0916. The van der Waals surface area contributed by atoms with Gasteiger partial charge in [-0.3, -0.25) is 0 Å². The van der Waals surface area contributed by atoms with Crippen molar-refractivity contribution in [2.45, 2.75) is 19.4 Å². The van der Waals surface area contributed by atoms with Gasteiger partial charge in [0.1, 0.15) is 6.04 Å². The van der Waals surface area contributed by atoms with Gasteiger partial charge in [-0.15, -0.1) is 0 Å². The highest BCUT2D eigenvalue weighted by Gasteiger charge is 2.09. The third-order valence-electron chi connectivity index (χ3n) is 2.62. The maximum atomic E-state index is 9.02. The SMILES string of the molecule is CCC(C#N)n1ccc2cc(N)ccc21. The third kappa shape index (κ3) is 1.55. The van der Waals surface area contributed by atoms with Crippen LogP contribution in [0.4, 0.5) is 5.69 Å². The molecule has 0 aliphatic rings. The average Bonchev–Trinajstić information content (AvgIpc) is 2.63. The summed E-state index contributed by atoms with van der Waals surface area (Å²) in [7, 11) is 0. The zero-order chi connectivity index (χ0) is 10.8. The zero-order valence-electron chi connectivity index (χ0n) is 8.64. The fourth-order valence-corrected chi connectivity index (χ4v) is 1.80. The van der Waals surface area contributed by atoms with Crippen LogP contribution in [-0.4, -0.2) is 4.57 Å². The summed E-state index contributed by atoms with van der Waals surface area (Å²) in [5, 5.41) is 10.1. The van der Waals surface area contributed by atoms with Gasteiger partial charge in [0.05, 0.1) is 6.07 Å². The largest absolute Gasteiger partial charge is 0.399 e. The molecule has 1 heterocycles. The molecule has 0 fully saturated rings. The van der Waals surface area contributed by atoms with Gasteiger partial charge in [0.2, 0.25) is 0 Å². The van der Waals surface area contributed by atoms with Gasteiger partial charge in [0, 0.05) is 22.8 Å². The first kappa shape index (κ1) is 9.60. The van der Waals surface area contributed by atoms with E-state index in [1.165, 1.54) is 0 Å². The zero-order valence-corrected chi connectivity index (χ0v) is 8.64. The van der Waals surface area contributed by atoms with Crippen molar-refractivity contribution in [3.05, 3.63) is 30.5 Å². The highest BCUT2D eigenvalue weighted by atomic mass is 15.0. The van der Waals surface area contributed by atoms with Crippen LogP contribution in [-0.2, 0) is 0 Å². The second-order valence-corrected chi connectivity index (χ2v) is 3.59. The van der Waals surface area contributed by atoms with E-state index in [9.17, 15) is 0 Å². The number of nitrogens with zero attached hydrogens (tertiary/aromatic N) is 2. The van der Waals surface area contributed by atoms with E-state index >= 15 is 0 Å². The molecular formula is C12H13N3. The molecule has 0 aliphatic carbocycles. The van der Waals surface area contributed by atoms with E-state index in [0.717, 1.165) is 23.0 Å². The van der Waals surface area contributed by atoms with Gasteiger partial charge in [-0.1, -0.05) is 6.92 Å². The summed E-state index contributed by atoms with van der Waals surface area (Å²) < 4.78 is 1.99. The van der Waals surface area contributed by atoms with E-state index in [4.69, 9.17) is 11.0 Å². The van der Waals surface area contributed by atoms with E-state index in [1.54, 1.807) is 0 Å². The number of benzene rings is 1. The molecule has 15 heavy (non-hydrogen) atoms. The van der Waals surface area contributed by atoms with Crippen molar-refractivity contribution in [3.8, 4) is 6.07 Å². The summed E-state index contributed by atoms with van der Waals surface area (Å²) in [6, 6.07) is 9.95. The summed E-state index contributed by atoms with van der Waals surface area (Å²) in [4.78, 5) is 0. The Bertz CT molecular complexity index is 519. The number of aromatic nitrogens is 1. The van der Waals surface area contributed by atoms with E-state index in [-0.39, 0.29) is 6.04 Å². The number of nitrogen functional groups attached to an aromatic ring is 1. The van der Waals surface area contributed by atoms with Crippen molar-refractivity contribution in [3.63, 3.8) is 0 Å². The lowest BCUT2D eigenvalue weighted by molar-refractivity contribution is 0.617. The van der Waals surface area contributed by atoms with E-state index in [2.05, 4.69) is 6.07 Å². The molecule has 0 saturated heterocycles. The fourth-order valence-electron chi connectivity index (χ4n) is 1.80. The molecule has 76 valence electrons. The lowest BCUT2D eigenvalue weighted by atomic mass is 10.2. The van der Waals surface area contributed by atoms with Crippen molar-refractivity contribution in [2.75, 3.05) is 5.73 Å². The summed E-state index contributed by atoms with van der Waals surface area (Å²) in [6.07, 6.45) is 2.76. The molecular weight excluding hydrogens is 186 g/mol. The molecule has 2 N–H and O–H groups in total. The van der Waals surface area contributed by atoms with Crippen molar-refractivity contribution in [1.82, 2.24) is 4.57 Å². The highest BCUT2D eigenvalue weighted by molar-refractivity contribution is 5.83. The molecule has 3 heteroatoms. The molecule has 2 rings (SSSR count). The van der Waals surface area contributed by atoms with Crippen molar-refractivity contribution < 1.29 is 0 Å².